The van der Waals surface area contributed by atoms with E-state index in [0.717, 1.165) is 17.4 Å². The number of aryl methyl sites for hydroxylation is 1. The highest BCUT2D eigenvalue weighted by Gasteiger charge is 2.19. The average molecular weight is 280 g/mol. The van der Waals surface area contributed by atoms with Crippen molar-refractivity contribution in [3.63, 3.8) is 0 Å². The number of benzene rings is 1. The zero-order chi connectivity index (χ0) is 14.7. The smallest absolute Gasteiger partial charge is 0.266 e. The van der Waals surface area contributed by atoms with Crippen molar-refractivity contribution in [2.45, 2.75) is 26.3 Å². The van der Waals surface area contributed by atoms with Crippen molar-refractivity contribution in [3.8, 4) is 0 Å². The minimum absolute atomic E-state index is 0.220. The molecule has 0 aliphatic carbocycles. The molecular weight excluding hydrogens is 265 g/mol. The fourth-order valence-corrected chi connectivity index (χ4v) is 2.03. The molecule has 1 atom stereocenters. The molecule has 2 nitrogen and oxygen atoms in total. The second kappa shape index (κ2) is 5.94. The maximum atomic E-state index is 14.0. The maximum Gasteiger partial charge on any atom is 0.266 e. The predicted molar refractivity (Wildman–Crippen MR) is 72.4 cm³/mol. The van der Waals surface area contributed by atoms with Crippen molar-refractivity contribution in [1.29, 1.82) is 0 Å². The third kappa shape index (κ3) is 3.10. The number of alkyl halides is 2. The highest BCUT2D eigenvalue weighted by Crippen LogP contribution is 2.28. The monoisotopic (exact) mass is 280 g/mol. The van der Waals surface area contributed by atoms with E-state index in [4.69, 9.17) is 0 Å². The third-order valence-corrected chi connectivity index (χ3v) is 3.04. The van der Waals surface area contributed by atoms with Crippen LogP contribution in [0, 0.1) is 12.7 Å². The van der Waals surface area contributed by atoms with Gasteiger partial charge in [0.1, 0.15) is 5.82 Å². The first-order valence-corrected chi connectivity index (χ1v) is 6.24. The molecule has 0 saturated heterocycles. The van der Waals surface area contributed by atoms with Gasteiger partial charge >= 0.3 is 0 Å². The minimum Gasteiger partial charge on any atom is -0.378 e. The fourth-order valence-electron chi connectivity index (χ4n) is 2.03. The zero-order valence-corrected chi connectivity index (χ0v) is 11.2. The zero-order valence-electron chi connectivity index (χ0n) is 11.2. The second-order valence-electron chi connectivity index (χ2n) is 4.60. The van der Waals surface area contributed by atoms with E-state index in [9.17, 15) is 13.2 Å². The van der Waals surface area contributed by atoms with E-state index >= 15 is 0 Å². The van der Waals surface area contributed by atoms with Gasteiger partial charge in [-0.15, -0.1) is 0 Å². The molecule has 0 spiro atoms. The predicted octanol–water partition coefficient (Wildman–Crippen LogP) is 4.64. The van der Waals surface area contributed by atoms with E-state index in [2.05, 4.69) is 10.3 Å². The first-order chi connectivity index (χ1) is 9.49. The summed E-state index contributed by atoms with van der Waals surface area (Å²) in [6, 6.07) is 7.19. The van der Waals surface area contributed by atoms with Crippen LogP contribution in [0.5, 0.6) is 0 Å². The van der Waals surface area contributed by atoms with E-state index in [1.165, 1.54) is 12.1 Å². The van der Waals surface area contributed by atoms with Crippen LogP contribution < -0.4 is 5.32 Å². The van der Waals surface area contributed by atoms with Crippen molar-refractivity contribution in [2.24, 2.45) is 0 Å². The molecule has 0 aliphatic rings. The van der Waals surface area contributed by atoms with Crippen LogP contribution in [0.1, 0.15) is 36.2 Å². The summed E-state index contributed by atoms with van der Waals surface area (Å²) in [5, 5.41) is 3.08. The average Bonchev–Trinajstić information content (AvgIpc) is 2.38. The highest BCUT2D eigenvalue weighted by molar-refractivity contribution is 5.46. The summed E-state index contributed by atoms with van der Waals surface area (Å²) in [6.07, 6.45) is -1.18. The number of nitrogens with zero attached hydrogens (tertiary/aromatic N) is 1. The molecule has 1 aromatic carbocycles. The molecule has 106 valence electrons. The van der Waals surface area contributed by atoms with Gasteiger partial charge in [-0.2, -0.15) is 0 Å². The molecule has 20 heavy (non-hydrogen) atoms. The Morgan fingerprint density at radius 1 is 1.15 bits per heavy atom. The Morgan fingerprint density at radius 3 is 2.50 bits per heavy atom. The normalized spacial score (nSPS) is 12.5. The van der Waals surface area contributed by atoms with Crippen LogP contribution in [0.25, 0.3) is 0 Å². The Morgan fingerprint density at radius 2 is 1.85 bits per heavy atom. The summed E-state index contributed by atoms with van der Waals surface area (Å²) in [5.41, 5.74) is 1.25. The molecule has 2 rings (SSSR count). The second-order valence-corrected chi connectivity index (χ2v) is 4.60. The van der Waals surface area contributed by atoms with Crippen molar-refractivity contribution in [2.75, 3.05) is 5.32 Å². The summed E-state index contributed by atoms with van der Waals surface area (Å²) < 4.78 is 39.4. The van der Waals surface area contributed by atoms with Crippen molar-refractivity contribution in [1.82, 2.24) is 4.98 Å². The molecule has 0 bridgehead atoms. The van der Waals surface area contributed by atoms with Crippen LogP contribution >= 0.6 is 0 Å². The quantitative estimate of drug-likeness (QED) is 0.882. The highest BCUT2D eigenvalue weighted by atomic mass is 19.3. The van der Waals surface area contributed by atoms with Crippen LogP contribution in [0.3, 0.4) is 0 Å². The molecule has 0 fully saturated rings. The summed E-state index contributed by atoms with van der Waals surface area (Å²) in [7, 11) is 0. The molecule has 0 unspecified atom stereocenters. The van der Waals surface area contributed by atoms with Gasteiger partial charge in [0, 0.05) is 23.1 Å². The van der Waals surface area contributed by atoms with Crippen molar-refractivity contribution >= 4 is 5.69 Å². The van der Waals surface area contributed by atoms with E-state index in [-0.39, 0.29) is 5.56 Å². The molecule has 0 amide bonds. The first kappa shape index (κ1) is 14.4. The lowest BCUT2D eigenvalue weighted by atomic mass is 10.0. The van der Waals surface area contributed by atoms with Gasteiger partial charge < -0.3 is 5.32 Å². The van der Waals surface area contributed by atoms with Crippen molar-refractivity contribution in [3.05, 3.63) is 59.2 Å². The molecule has 5 heteroatoms. The standard InChI is InChI=1S/C15H15F3N2/c1-9-8-11(6-7-19-9)20-10(2)12-4-3-5-13(14(12)16)15(17)18/h3-8,10,15H,1-2H3,(H,19,20)/t10-/m1/s1. The SMILES string of the molecule is Cc1cc(N[C@H](C)c2cccc(C(F)F)c2F)ccn1. The van der Waals surface area contributed by atoms with E-state index < -0.39 is 23.8 Å². The lowest BCUT2D eigenvalue weighted by Crippen LogP contribution is -2.10. The Bertz CT molecular complexity index is 599. The first-order valence-electron chi connectivity index (χ1n) is 6.24. The van der Waals surface area contributed by atoms with Gasteiger partial charge in [-0.25, -0.2) is 13.2 Å². The number of anilines is 1. The van der Waals surface area contributed by atoms with Crippen LogP contribution in [-0.4, -0.2) is 4.98 Å². The molecule has 1 aromatic heterocycles. The van der Waals surface area contributed by atoms with Gasteiger partial charge in [0.25, 0.3) is 6.43 Å². The Balaban J connectivity index is 2.25. The summed E-state index contributed by atoms with van der Waals surface area (Å²) >= 11 is 0. The molecular formula is C15H15F3N2. The number of nitrogens with one attached hydrogen (secondary N) is 1. The summed E-state index contributed by atoms with van der Waals surface area (Å²) in [5.74, 6) is -0.853. The van der Waals surface area contributed by atoms with Gasteiger partial charge in [0.05, 0.1) is 11.6 Å². The van der Waals surface area contributed by atoms with Crippen LogP contribution in [-0.2, 0) is 0 Å². The summed E-state index contributed by atoms with van der Waals surface area (Å²) in [4.78, 5) is 4.06. The lowest BCUT2D eigenvalue weighted by molar-refractivity contribution is 0.146. The molecule has 0 radical (unpaired) electrons. The topological polar surface area (TPSA) is 24.9 Å². The molecule has 2 aromatic rings. The number of pyridine rings is 1. The molecule has 0 aliphatic heterocycles. The fraction of sp³-hybridized carbons (Fsp3) is 0.267. The molecule has 1 N–H and O–H groups in total. The molecule has 1 heterocycles. The Labute approximate surface area is 115 Å². The third-order valence-electron chi connectivity index (χ3n) is 3.04. The Kier molecular flexibility index (Phi) is 4.27. The molecule has 0 saturated carbocycles. The van der Waals surface area contributed by atoms with E-state index in [1.807, 2.05) is 13.0 Å². The maximum absolute atomic E-state index is 14.0. The van der Waals surface area contributed by atoms with E-state index in [1.54, 1.807) is 19.2 Å². The van der Waals surface area contributed by atoms with Crippen LogP contribution in [0.15, 0.2) is 36.5 Å². The number of hydrogen-bond acceptors (Lipinski definition) is 2. The van der Waals surface area contributed by atoms with E-state index in [0.29, 0.717) is 0 Å². The van der Waals surface area contributed by atoms with Gasteiger partial charge in [0.2, 0.25) is 0 Å². The van der Waals surface area contributed by atoms with Crippen molar-refractivity contribution < 1.29 is 13.2 Å². The number of halogens is 3. The minimum atomic E-state index is -2.81. The largest absolute Gasteiger partial charge is 0.378 e. The number of hydrogen-bond donors (Lipinski definition) is 1. The van der Waals surface area contributed by atoms with Gasteiger partial charge in [0.15, 0.2) is 0 Å². The van der Waals surface area contributed by atoms with Crippen LogP contribution in [0.2, 0.25) is 0 Å². The lowest BCUT2D eigenvalue weighted by Gasteiger charge is -2.18. The Hall–Kier alpha value is -2.04. The van der Waals surface area contributed by atoms with Gasteiger partial charge in [-0.3, -0.25) is 4.98 Å². The van der Waals surface area contributed by atoms with Crippen LogP contribution in [0.4, 0.5) is 18.9 Å². The van der Waals surface area contributed by atoms with Gasteiger partial charge in [-0.05, 0) is 26.0 Å². The summed E-state index contributed by atoms with van der Waals surface area (Å²) in [6.45, 7) is 3.57. The number of rotatable bonds is 4. The van der Waals surface area contributed by atoms with Gasteiger partial charge in [-0.1, -0.05) is 18.2 Å². The number of aromatic nitrogens is 1.